The largest absolute Gasteiger partial charge is 0.370 e. The third-order valence-corrected chi connectivity index (χ3v) is 4.77. The van der Waals surface area contributed by atoms with Crippen LogP contribution in [0.3, 0.4) is 0 Å². The Hall–Kier alpha value is -1.34. The van der Waals surface area contributed by atoms with Crippen molar-refractivity contribution in [1.29, 1.82) is 0 Å². The summed E-state index contributed by atoms with van der Waals surface area (Å²) in [6.45, 7) is 10.6. The van der Waals surface area contributed by atoms with Crippen molar-refractivity contribution in [2.24, 2.45) is 32.8 Å². The van der Waals surface area contributed by atoms with Gasteiger partial charge in [0.15, 0.2) is 11.9 Å². The monoisotopic (exact) mass is 295 g/mol. The van der Waals surface area contributed by atoms with Crippen LogP contribution in [0.1, 0.15) is 34.1 Å². The van der Waals surface area contributed by atoms with E-state index in [1.54, 1.807) is 0 Å². The van der Waals surface area contributed by atoms with Crippen LogP contribution in [0.5, 0.6) is 0 Å². The van der Waals surface area contributed by atoms with Crippen molar-refractivity contribution < 1.29 is 0 Å². The number of likely N-dealkylation sites (N-methyl/N-ethyl adjacent to an activating group) is 1. The molecule has 0 saturated carbocycles. The Bertz CT molecular complexity index is 431. The highest BCUT2D eigenvalue weighted by molar-refractivity contribution is 5.98. The zero-order chi connectivity index (χ0) is 15.8. The van der Waals surface area contributed by atoms with Gasteiger partial charge in [0.2, 0.25) is 5.79 Å². The molecule has 120 valence electrons. The van der Waals surface area contributed by atoms with Crippen LogP contribution in [0, 0.1) is 11.3 Å². The van der Waals surface area contributed by atoms with E-state index in [2.05, 4.69) is 43.2 Å². The summed E-state index contributed by atoms with van der Waals surface area (Å²) in [6.07, 6.45) is 1.08. The molecule has 1 fully saturated rings. The maximum atomic E-state index is 5.95. The van der Waals surface area contributed by atoms with Crippen LogP contribution in [-0.2, 0) is 0 Å². The summed E-state index contributed by atoms with van der Waals surface area (Å²) in [7, 11) is 1.99. The van der Waals surface area contributed by atoms with Gasteiger partial charge in [-0.25, -0.2) is 9.98 Å². The van der Waals surface area contributed by atoms with E-state index in [1.807, 2.05) is 7.05 Å². The maximum absolute atomic E-state index is 5.95. The van der Waals surface area contributed by atoms with Crippen molar-refractivity contribution in [1.82, 2.24) is 15.5 Å². The highest BCUT2D eigenvalue weighted by atomic mass is 15.5. The highest BCUT2D eigenvalue weighted by Crippen LogP contribution is 2.42. The van der Waals surface area contributed by atoms with Gasteiger partial charge in [0.25, 0.3) is 0 Å². The number of likely N-dealkylation sites (tertiary alicyclic amines) is 1. The maximum Gasteiger partial charge on any atom is 0.217 e. The lowest BCUT2D eigenvalue weighted by Crippen LogP contribution is -2.60. The summed E-state index contributed by atoms with van der Waals surface area (Å²) in [4.78, 5) is 11.7. The minimum absolute atomic E-state index is 0.0304. The number of nitrogens with zero attached hydrogens (tertiary/aromatic N) is 3. The summed E-state index contributed by atoms with van der Waals surface area (Å²) in [5.41, 5.74) is 11.9. The SMILES string of the molecule is CN[C@@H]1CCN(C2([C@H](C)C(C)(C)C)N=C(N)NC(N)=N2)C1. The molecular formula is C14H29N7. The molecular weight excluding hydrogens is 266 g/mol. The molecule has 0 aromatic heterocycles. The van der Waals surface area contributed by atoms with Gasteiger partial charge in [0, 0.05) is 25.0 Å². The van der Waals surface area contributed by atoms with Gasteiger partial charge < -0.3 is 16.8 Å². The van der Waals surface area contributed by atoms with Crippen molar-refractivity contribution in [2.45, 2.75) is 45.9 Å². The zero-order valence-corrected chi connectivity index (χ0v) is 13.8. The van der Waals surface area contributed by atoms with Crippen LogP contribution in [0.4, 0.5) is 0 Å². The normalized spacial score (nSPS) is 27.8. The Balaban J connectivity index is 2.43. The minimum atomic E-state index is -0.719. The Kier molecular flexibility index (Phi) is 4.17. The smallest absolute Gasteiger partial charge is 0.217 e. The second kappa shape index (κ2) is 5.46. The quantitative estimate of drug-likeness (QED) is 0.579. The second-order valence-corrected chi connectivity index (χ2v) is 7.11. The lowest BCUT2D eigenvalue weighted by Gasteiger charge is -2.46. The molecule has 7 nitrogen and oxygen atoms in total. The lowest BCUT2D eigenvalue weighted by atomic mass is 9.77. The van der Waals surface area contributed by atoms with Crippen molar-refractivity contribution in [3.8, 4) is 0 Å². The third kappa shape index (κ3) is 2.98. The molecule has 0 unspecified atom stereocenters. The van der Waals surface area contributed by atoms with Crippen LogP contribution in [0.2, 0.25) is 0 Å². The van der Waals surface area contributed by atoms with Gasteiger partial charge in [0.05, 0.1) is 0 Å². The van der Waals surface area contributed by atoms with E-state index in [4.69, 9.17) is 21.5 Å². The van der Waals surface area contributed by atoms with Gasteiger partial charge in [-0.15, -0.1) is 0 Å². The fourth-order valence-electron chi connectivity index (χ4n) is 3.05. The molecule has 0 aliphatic carbocycles. The van der Waals surface area contributed by atoms with Crippen molar-refractivity contribution in [3.05, 3.63) is 0 Å². The van der Waals surface area contributed by atoms with Crippen LogP contribution >= 0.6 is 0 Å². The first kappa shape index (κ1) is 16.0. The van der Waals surface area contributed by atoms with Gasteiger partial charge in [-0.3, -0.25) is 10.2 Å². The summed E-state index contributed by atoms with van der Waals surface area (Å²) in [5.74, 6) is 0.126. The van der Waals surface area contributed by atoms with Crippen molar-refractivity contribution >= 4 is 11.9 Å². The summed E-state index contributed by atoms with van der Waals surface area (Å²) >= 11 is 0. The van der Waals surface area contributed by atoms with Gasteiger partial charge in [0.1, 0.15) is 0 Å². The van der Waals surface area contributed by atoms with Gasteiger partial charge >= 0.3 is 0 Å². The summed E-state index contributed by atoms with van der Waals surface area (Å²) in [6, 6.07) is 0.455. The van der Waals surface area contributed by atoms with E-state index >= 15 is 0 Å². The number of nitrogens with one attached hydrogen (secondary N) is 2. The van der Waals surface area contributed by atoms with Gasteiger partial charge in [-0.2, -0.15) is 0 Å². The van der Waals surface area contributed by atoms with E-state index < -0.39 is 5.79 Å². The van der Waals surface area contributed by atoms with E-state index in [-0.39, 0.29) is 11.3 Å². The average molecular weight is 295 g/mol. The third-order valence-electron chi connectivity index (χ3n) is 4.77. The molecule has 2 rings (SSSR count). The molecule has 7 heteroatoms. The Labute approximate surface area is 127 Å². The molecule has 6 N–H and O–H groups in total. The summed E-state index contributed by atoms with van der Waals surface area (Å²) in [5, 5.41) is 6.14. The number of aliphatic imine (C=N–C) groups is 2. The first-order chi connectivity index (χ1) is 9.69. The fraction of sp³-hybridized carbons (Fsp3) is 0.857. The van der Waals surface area contributed by atoms with Crippen LogP contribution in [-0.4, -0.2) is 48.8 Å². The number of hydrogen-bond donors (Lipinski definition) is 4. The van der Waals surface area contributed by atoms with E-state index in [0.29, 0.717) is 18.0 Å². The molecule has 0 spiro atoms. The highest BCUT2D eigenvalue weighted by Gasteiger charge is 2.50. The van der Waals surface area contributed by atoms with Crippen LogP contribution in [0.25, 0.3) is 0 Å². The molecule has 0 amide bonds. The molecule has 2 heterocycles. The zero-order valence-electron chi connectivity index (χ0n) is 13.8. The molecule has 2 atom stereocenters. The average Bonchev–Trinajstić information content (AvgIpc) is 2.84. The van der Waals surface area contributed by atoms with Crippen molar-refractivity contribution in [2.75, 3.05) is 20.1 Å². The Morgan fingerprint density at radius 3 is 2.33 bits per heavy atom. The number of hydrogen-bond acceptors (Lipinski definition) is 7. The van der Waals surface area contributed by atoms with Crippen LogP contribution in [0.15, 0.2) is 9.98 Å². The van der Waals surface area contributed by atoms with E-state index in [9.17, 15) is 0 Å². The van der Waals surface area contributed by atoms with Gasteiger partial charge in [-0.05, 0) is 18.9 Å². The van der Waals surface area contributed by atoms with E-state index in [1.165, 1.54) is 0 Å². The predicted octanol–water partition coefficient (Wildman–Crippen LogP) is -0.151. The number of nitrogens with two attached hydrogens (primary N) is 2. The van der Waals surface area contributed by atoms with Crippen LogP contribution < -0.4 is 22.1 Å². The number of rotatable bonds is 3. The first-order valence-electron chi connectivity index (χ1n) is 7.59. The molecule has 21 heavy (non-hydrogen) atoms. The molecule has 0 radical (unpaired) electrons. The molecule has 0 bridgehead atoms. The topological polar surface area (TPSA) is 104 Å². The first-order valence-corrected chi connectivity index (χ1v) is 7.59. The molecule has 2 aliphatic rings. The predicted molar refractivity (Wildman–Crippen MR) is 86.8 cm³/mol. The molecule has 0 aromatic rings. The molecule has 2 aliphatic heterocycles. The number of guanidine groups is 2. The Morgan fingerprint density at radius 1 is 1.33 bits per heavy atom. The molecule has 0 aromatic carbocycles. The second-order valence-electron chi connectivity index (χ2n) is 7.11. The summed E-state index contributed by atoms with van der Waals surface area (Å²) < 4.78 is 0. The van der Waals surface area contributed by atoms with Crippen molar-refractivity contribution in [3.63, 3.8) is 0 Å². The minimum Gasteiger partial charge on any atom is -0.370 e. The standard InChI is InChI=1S/C14H29N7/c1-9(13(2,3)4)14(19-11(15)18-12(16)20-14)21-7-6-10(8-21)17-5/h9-10,17H,6-8H2,1-5H3,(H5,15,16,18,19,20)/t9-,10-/m1/s1. The van der Waals surface area contributed by atoms with E-state index in [0.717, 1.165) is 19.5 Å². The molecule has 1 saturated heterocycles. The fourth-order valence-corrected chi connectivity index (χ4v) is 3.05. The lowest BCUT2D eigenvalue weighted by molar-refractivity contribution is 0.0165. The van der Waals surface area contributed by atoms with Gasteiger partial charge in [-0.1, -0.05) is 27.7 Å². The Morgan fingerprint density at radius 2 is 1.90 bits per heavy atom.